The second kappa shape index (κ2) is 6.76. The molecule has 1 heterocycles. The first-order chi connectivity index (χ1) is 9.94. The van der Waals surface area contributed by atoms with Crippen molar-refractivity contribution in [1.29, 1.82) is 0 Å². The van der Waals surface area contributed by atoms with Crippen molar-refractivity contribution in [3.63, 3.8) is 0 Å². The fourth-order valence-electron chi connectivity index (χ4n) is 1.69. The molecule has 1 aromatic heterocycles. The Labute approximate surface area is 123 Å². The minimum Gasteiger partial charge on any atom is -0.454 e. The van der Waals surface area contributed by atoms with Gasteiger partial charge in [-0.3, -0.25) is 4.98 Å². The van der Waals surface area contributed by atoms with E-state index < -0.39 is 18.6 Å². The first-order valence-corrected chi connectivity index (χ1v) is 6.30. The predicted molar refractivity (Wildman–Crippen MR) is 70.0 cm³/mol. The van der Waals surface area contributed by atoms with Gasteiger partial charge in [-0.25, -0.2) is 13.2 Å². The van der Waals surface area contributed by atoms with Crippen molar-refractivity contribution in [2.24, 2.45) is 0 Å². The molecule has 7 heteroatoms. The highest BCUT2D eigenvalue weighted by Crippen LogP contribution is 2.22. The van der Waals surface area contributed by atoms with Gasteiger partial charge in [0.25, 0.3) is 6.36 Å². The van der Waals surface area contributed by atoms with Crippen molar-refractivity contribution in [1.82, 2.24) is 4.98 Å². The Morgan fingerprint density at radius 1 is 1.14 bits per heavy atom. The number of hydrogen-bond donors (Lipinski definition) is 0. The van der Waals surface area contributed by atoms with Crippen molar-refractivity contribution >= 4 is 11.6 Å². The molecule has 0 aliphatic carbocycles. The molecule has 0 saturated heterocycles. The summed E-state index contributed by atoms with van der Waals surface area (Å²) in [6, 6.07) is 6.58. The number of pyridine rings is 1. The van der Waals surface area contributed by atoms with Gasteiger partial charge in [-0.2, -0.15) is 4.39 Å². The van der Waals surface area contributed by atoms with Gasteiger partial charge in [-0.05, 0) is 29.8 Å². The molecule has 1 unspecified atom stereocenters. The van der Waals surface area contributed by atoms with E-state index >= 15 is 0 Å². The average molecular weight is 320 g/mol. The van der Waals surface area contributed by atoms with Gasteiger partial charge in [0, 0.05) is 24.4 Å². The van der Waals surface area contributed by atoms with Gasteiger partial charge in [-0.15, -0.1) is 0 Å². The lowest BCUT2D eigenvalue weighted by molar-refractivity contribution is -0.0670. The molecule has 0 amide bonds. The van der Waals surface area contributed by atoms with Gasteiger partial charge in [0.05, 0.1) is 5.02 Å². The molecule has 2 aromatic rings. The van der Waals surface area contributed by atoms with Crippen LogP contribution in [0, 0.1) is 5.82 Å². The zero-order chi connectivity index (χ0) is 15.4. The van der Waals surface area contributed by atoms with Gasteiger partial charge in [0.1, 0.15) is 11.6 Å². The highest BCUT2D eigenvalue weighted by atomic mass is 35.5. The maximum absolute atomic E-state index is 13.4. The fourth-order valence-corrected chi connectivity index (χ4v) is 1.80. The summed E-state index contributed by atoms with van der Waals surface area (Å²) < 4.78 is 54.8. The van der Waals surface area contributed by atoms with Crippen molar-refractivity contribution < 1.29 is 22.3 Å². The quantitative estimate of drug-likeness (QED) is 0.762. The number of hydrogen-bond acceptors (Lipinski definition) is 2. The summed E-state index contributed by atoms with van der Waals surface area (Å²) in [5.74, 6) is -1.01. The Morgan fingerprint density at radius 2 is 1.90 bits per heavy atom. The minimum atomic E-state index is -3.30. The molecule has 0 aliphatic rings. The van der Waals surface area contributed by atoms with Gasteiger partial charge >= 0.3 is 6.43 Å². The molecular weight excluding hydrogens is 310 g/mol. The first kappa shape index (κ1) is 15.6. The van der Waals surface area contributed by atoms with E-state index in [0.29, 0.717) is 16.3 Å². The summed E-state index contributed by atoms with van der Waals surface area (Å²) in [6.07, 6.45) is -4.43. The molecule has 0 fully saturated rings. The summed E-state index contributed by atoms with van der Waals surface area (Å²) in [5.41, 5.74) is 1.02. The molecule has 0 bridgehead atoms. The van der Waals surface area contributed by atoms with Gasteiger partial charge in [-0.1, -0.05) is 11.6 Å². The number of ether oxygens (including phenoxy) is 1. The summed E-state index contributed by atoms with van der Waals surface area (Å²) in [5, 5.41) is 0.458. The van der Waals surface area contributed by atoms with E-state index in [9.17, 15) is 17.6 Å². The molecule has 0 saturated carbocycles. The van der Waals surface area contributed by atoms with E-state index in [1.807, 2.05) is 0 Å². The summed E-state index contributed by atoms with van der Waals surface area (Å²) in [4.78, 5) is 4.03. The molecule has 0 N–H and O–H groups in total. The molecule has 21 heavy (non-hydrogen) atoms. The Kier molecular flexibility index (Phi) is 5.01. The van der Waals surface area contributed by atoms with Crippen molar-refractivity contribution in [2.75, 3.05) is 0 Å². The number of benzene rings is 1. The molecule has 1 aromatic carbocycles. The topological polar surface area (TPSA) is 22.1 Å². The monoisotopic (exact) mass is 319 g/mol. The summed E-state index contributed by atoms with van der Waals surface area (Å²) in [6.45, 7) is 0. The molecule has 0 aliphatic heterocycles. The van der Waals surface area contributed by atoms with Crippen LogP contribution >= 0.6 is 11.6 Å². The van der Waals surface area contributed by atoms with Gasteiger partial charge in [0.2, 0.25) is 0 Å². The number of nitrogens with zero attached hydrogens (tertiary/aromatic N) is 1. The van der Waals surface area contributed by atoms with Crippen LogP contribution in [-0.4, -0.2) is 17.8 Å². The van der Waals surface area contributed by atoms with Crippen LogP contribution in [0.3, 0.4) is 0 Å². The van der Waals surface area contributed by atoms with Gasteiger partial charge in [0.15, 0.2) is 0 Å². The SMILES string of the molecule is Fc1cc(Cc2ccc(Cl)cn2)cc(OC(F)C(F)F)c1. The van der Waals surface area contributed by atoms with Crippen molar-refractivity contribution in [3.8, 4) is 5.75 Å². The van der Waals surface area contributed by atoms with Crippen LogP contribution < -0.4 is 4.74 Å². The Bertz CT molecular complexity index is 606. The van der Waals surface area contributed by atoms with Gasteiger partial charge < -0.3 is 4.74 Å². The molecule has 112 valence electrons. The van der Waals surface area contributed by atoms with E-state index in [2.05, 4.69) is 9.72 Å². The third kappa shape index (κ3) is 4.60. The summed E-state index contributed by atoms with van der Waals surface area (Å²) in [7, 11) is 0. The van der Waals surface area contributed by atoms with Crippen LogP contribution in [0.2, 0.25) is 5.02 Å². The van der Waals surface area contributed by atoms with Crippen LogP contribution in [-0.2, 0) is 6.42 Å². The Morgan fingerprint density at radius 3 is 2.52 bits per heavy atom. The molecular formula is C14H10ClF4NO. The zero-order valence-corrected chi connectivity index (χ0v) is 11.3. The molecule has 1 atom stereocenters. The average Bonchev–Trinajstić information content (AvgIpc) is 2.40. The molecule has 0 radical (unpaired) electrons. The number of halogens is 5. The second-order valence-corrected chi connectivity index (χ2v) is 4.68. The number of alkyl halides is 3. The van der Waals surface area contributed by atoms with Crippen LogP contribution in [0.1, 0.15) is 11.3 Å². The molecule has 2 nitrogen and oxygen atoms in total. The lowest BCUT2D eigenvalue weighted by Gasteiger charge is -2.11. The van der Waals surface area contributed by atoms with E-state index in [-0.39, 0.29) is 12.2 Å². The number of rotatable bonds is 5. The van der Waals surface area contributed by atoms with E-state index in [4.69, 9.17) is 11.6 Å². The van der Waals surface area contributed by atoms with Crippen molar-refractivity contribution in [2.45, 2.75) is 19.2 Å². The van der Waals surface area contributed by atoms with E-state index in [0.717, 1.165) is 6.07 Å². The Hall–Kier alpha value is -1.82. The Balaban J connectivity index is 2.16. The predicted octanol–water partition coefficient (Wildman–Crippen LogP) is 4.40. The van der Waals surface area contributed by atoms with E-state index in [1.54, 1.807) is 12.1 Å². The lowest BCUT2D eigenvalue weighted by Crippen LogP contribution is -2.19. The van der Waals surface area contributed by atoms with Crippen LogP contribution in [0.15, 0.2) is 36.5 Å². The highest BCUT2D eigenvalue weighted by Gasteiger charge is 2.21. The minimum absolute atomic E-state index is 0.233. The maximum atomic E-state index is 13.4. The van der Waals surface area contributed by atoms with E-state index in [1.165, 1.54) is 18.3 Å². The summed E-state index contributed by atoms with van der Waals surface area (Å²) >= 11 is 5.70. The van der Waals surface area contributed by atoms with Crippen molar-refractivity contribution in [3.05, 3.63) is 58.6 Å². The highest BCUT2D eigenvalue weighted by molar-refractivity contribution is 6.30. The number of aromatic nitrogens is 1. The zero-order valence-electron chi connectivity index (χ0n) is 10.6. The third-order valence-corrected chi connectivity index (χ3v) is 2.78. The second-order valence-electron chi connectivity index (χ2n) is 4.24. The van der Waals surface area contributed by atoms with Crippen LogP contribution in [0.4, 0.5) is 17.6 Å². The smallest absolute Gasteiger partial charge is 0.304 e. The maximum Gasteiger partial charge on any atom is 0.304 e. The third-order valence-electron chi connectivity index (χ3n) is 2.55. The standard InChI is InChI=1S/C14H10ClF4NO/c15-9-1-2-11(20-7-9)4-8-3-10(16)6-12(5-8)21-14(19)13(17)18/h1-3,5-7,13-14H,4H2. The fraction of sp³-hybridized carbons (Fsp3) is 0.214. The lowest BCUT2D eigenvalue weighted by atomic mass is 10.1. The molecule has 2 rings (SSSR count). The van der Waals surface area contributed by atoms with Crippen LogP contribution in [0.25, 0.3) is 0 Å². The first-order valence-electron chi connectivity index (χ1n) is 5.93. The molecule has 0 spiro atoms. The van der Waals surface area contributed by atoms with Crippen LogP contribution in [0.5, 0.6) is 5.75 Å². The normalized spacial score (nSPS) is 12.5. The largest absolute Gasteiger partial charge is 0.454 e.